The standard InChI is InChI=1S/C22H23N3O4S/c1-16-21(18-11-6-7-12-19(18)30(2,27)28)22-24(13-8-14-25(22)23-16)20(26)15-29-17-9-4-3-5-10-17/h3-7,9-12H,8,13-15H2,1-2H3. The first-order valence-electron chi connectivity index (χ1n) is 9.71. The SMILES string of the molecule is Cc1nn2c(c1-c1ccccc1[S+](C)(=O)[O-])N(C(=O)COc1ccccc1)CCC2. The maximum Gasteiger partial charge on any atom is 0.266 e. The molecule has 0 saturated heterocycles. The third-order valence-corrected chi connectivity index (χ3v) is 6.23. The van der Waals surface area contributed by atoms with Gasteiger partial charge in [0, 0.05) is 18.7 Å². The van der Waals surface area contributed by atoms with E-state index < -0.39 is 10.2 Å². The van der Waals surface area contributed by atoms with Gasteiger partial charge in [0.1, 0.15) is 17.8 Å². The number of carbonyl (C=O) groups is 1. The minimum atomic E-state index is -3.45. The van der Waals surface area contributed by atoms with E-state index in [0.717, 1.165) is 6.42 Å². The van der Waals surface area contributed by atoms with Crippen LogP contribution >= 0.6 is 0 Å². The molecule has 0 N–H and O–H groups in total. The quantitative estimate of drug-likeness (QED) is 0.586. The van der Waals surface area contributed by atoms with Crippen molar-refractivity contribution in [3.8, 4) is 16.9 Å². The van der Waals surface area contributed by atoms with Crippen molar-refractivity contribution in [2.45, 2.75) is 24.8 Å². The second kappa shape index (κ2) is 8.04. The van der Waals surface area contributed by atoms with E-state index in [4.69, 9.17) is 4.74 Å². The predicted molar refractivity (Wildman–Crippen MR) is 114 cm³/mol. The highest BCUT2D eigenvalue weighted by Gasteiger charge is 2.32. The zero-order chi connectivity index (χ0) is 21.3. The summed E-state index contributed by atoms with van der Waals surface area (Å²) in [5.41, 5.74) is 1.91. The van der Waals surface area contributed by atoms with E-state index in [-0.39, 0.29) is 17.4 Å². The van der Waals surface area contributed by atoms with E-state index >= 15 is 0 Å². The van der Waals surface area contributed by atoms with Crippen molar-refractivity contribution < 1.29 is 18.3 Å². The third kappa shape index (κ3) is 3.88. The van der Waals surface area contributed by atoms with E-state index in [9.17, 15) is 13.6 Å². The van der Waals surface area contributed by atoms with Crippen LogP contribution in [0.5, 0.6) is 5.75 Å². The monoisotopic (exact) mass is 425 g/mol. The van der Waals surface area contributed by atoms with Crippen LogP contribution in [-0.4, -0.2) is 39.6 Å². The Morgan fingerprint density at radius 3 is 2.57 bits per heavy atom. The highest BCUT2D eigenvalue weighted by Crippen LogP contribution is 2.40. The Balaban J connectivity index is 1.73. The lowest BCUT2D eigenvalue weighted by atomic mass is 10.0. The van der Waals surface area contributed by atoms with Crippen LogP contribution < -0.4 is 9.64 Å². The lowest BCUT2D eigenvalue weighted by molar-refractivity contribution is -0.120. The molecule has 7 nitrogen and oxygen atoms in total. The molecule has 1 aliphatic rings. The Kier molecular flexibility index (Phi) is 5.44. The fourth-order valence-electron chi connectivity index (χ4n) is 3.78. The van der Waals surface area contributed by atoms with Crippen molar-refractivity contribution in [3.63, 3.8) is 0 Å². The van der Waals surface area contributed by atoms with Gasteiger partial charge in [-0.2, -0.15) is 5.10 Å². The maximum atomic E-state index is 13.1. The normalized spacial score (nSPS) is 15.4. The van der Waals surface area contributed by atoms with Crippen molar-refractivity contribution in [2.24, 2.45) is 0 Å². The molecule has 2 heterocycles. The summed E-state index contributed by atoms with van der Waals surface area (Å²) < 4.78 is 32.2. The van der Waals surface area contributed by atoms with Crippen LogP contribution in [0.25, 0.3) is 11.1 Å². The molecule has 0 saturated carbocycles. The number of nitrogens with zero attached hydrogens (tertiary/aromatic N) is 3. The summed E-state index contributed by atoms with van der Waals surface area (Å²) in [4.78, 5) is 14.9. The molecular weight excluding hydrogens is 402 g/mol. The summed E-state index contributed by atoms with van der Waals surface area (Å²) in [6.07, 6.45) is 1.95. The topological polar surface area (TPSA) is 87.5 Å². The zero-order valence-electron chi connectivity index (χ0n) is 16.9. The number of hydrogen-bond donors (Lipinski definition) is 0. The number of aryl methyl sites for hydroxylation is 2. The van der Waals surface area contributed by atoms with Crippen molar-refractivity contribution >= 4 is 21.9 Å². The highest BCUT2D eigenvalue weighted by molar-refractivity contribution is 7.97. The van der Waals surface area contributed by atoms with E-state index in [1.54, 1.807) is 46.0 Å². The molecule has 30 heavy (non-hydrogen) atoms. The molecular formula is C22H23N3O4S. The van der Waals surface area contributed by atoms with Crippen molar-refractivity contribution in [3.05, 3.63) is 60.3 Å². The second-order valence-corrected chi connectivity index (χ2v) is 9.26. The van der Waals surface area contributed by atoms with Crippen LogP contribution in [0.2, 0.25) is 0 Å². The first-order chi connectivity index (χ1) is 14.4. The van der Waals surface area contributed by atoms with E-state index in [1.807, 2.05) is 25.1 Å². The van der Waals surface area contributed by atoms with Gasteiger partial charge >= 0.3 is 0 Å². The molecule has 3 aromatic rings. The van der Waals surface area contributed by atoms with Gasteiger partial charge in [0.2, 0.25) is 0 Å². The third-order valence-electron chi connectivity index (χ3n) is 5.07. The fourth-order valence-corrected chi connectivity index (χ4v) is 4.67. The predicted octanol–water partition coefficient (Wildman–Crippen LogP) is 3.29. The van der Waals surface area contributed by atoms with Crippen LogP contribution in [0.3, 0.4) is 0 Å². The molecule has 1 atom stereocenters. The summed E-state index contributed by atoms with van der Waals surface area (Å²) in [7, 11) is -3.45. The Morgan fingerprint density at radius 2 is 1.83 bits per heavy atom. The fraction of sp³-hybridized carbons (Fsp3) is 0.273. The molecule has 0 bridgehead atoms. The molecule has 0 fully saturated rings. The molecule has 2 aromatic carbocycles. The molecule has 0 aliphatic carbocycles. The minimum Gasteiger partial charge on any atom is -0.610 e. The van der Waals surface area contributed by atoms with Crippen LogP contribution in [0.1, 0.15) is 12.1 Å². The van der Waals surface area contributed by atoms with E-state index in [0.29, 0.717) is 41.5 Å². The van der Waals surface area contributed by atoms with E-state index in [1.165, 1.54) is 6.26 Å². The number of benzene rings is 2. The van der Waals surface area contributed by atoms with Crippen molar-refractivity contribution in [2.75, 3.05) is 24.3 Å². The summed E-state index contributed by atoms with van der Waals surface area (Å²) >= 11 is 0. The van der Waals surface area contributed by atoms with Gasteiger partial charge < -0.3 is 9.29 Å². The molecule has 1 aromatic heterocycles. The van der Waals surface area contributed by atoms with Gasteiger partial charge in [0.15, 0.2) is 11.5 Å². The van der Waals surface area contributed by atoms with Gasteiger partial charge in [-0.3, -0.25) is 9.69 Å². The second-order valence-electron chi connectivity index (χ2n) is 7.28. The smallest absolute Gasteiger partial charge is 0.266 e. The lowest BCUT2D eigenvalue weighted by Crippen LogP contribution is -2.40. The summed E-state index contributed by atoms with van der Waals surface area (Å²) in [6.45, 7) is 2.92. The number of para-hydroxylation sites is 1. The van der Waals surface area contributed by atoms with Gasteiger partial charge in [0.05, 0.1) is 21.5 Å². The molecule has 1 amide bonds. The van der Waals surface area contributed by atoms with Gasteiger partial charge in [-0.1, -0.05) is 30.3 Å². The molecule has 0 radical (unpaired) electrons. The molecule has 0 spiro atoms. The van der Waals surface area contributed by atoms with Gasteiger partial charge in [-0.25, -0.2) is 4.68 Å². The number of hydrogen-bond acceptors (Lipinski definition) is 5. The average molecular weight is 426 g/mol. The van der Waals surface area contributed by atoms with Crippen molar-refractivity contribution in [1.29, 1.82) is 0 Å². The Bertz CT molecular complexity index is 1120. The van der Waals surface area contributed by atoms with Gasteiger partial charge in [-0.15, -0.1) is 4.21 Å². The number of ether oxygens (including phenoxy) is 1. The van der Waals surface area contributed by atoms with Crippen molar-refractivity contribution in [1.82, 2.24) is 9.78 Å². The molecule has 1 aliphatic heterocycles. The summed E-state index contributed by atoms with van der Waals surface area (Å²) in [6, 6.07) is 16.0. The number of sulfone groups is 1. The van der Waals surface area contributed by atoms with Crippen LogP contribution in [0.15, 0.2) is 59.5 Å². The minimum absolute atomic E-state index is 0.110. The first kappa shape index (κ1) is 20.3. The Morgan fingerprint density at radius 1 is 1.13 bits per heavy atom. The summed E-state index contributed by atoms with van der Waals surface area (Å²) in [5.74, 6) is 1.05. The summed E-state index contributed by atoms with van der Waals surface area (Å²) in [5, 5.41) is 4.59. The zero-order valence-corrected chi connectivity index (χ0v) is 17.7. The number of aromatic nitrogens is 2. The number of amides is 1. The first-order valence-corrected chi connectivity index (χ1v) is 11.6. The maximum absolute atomic E-state index is 13.1. The van der Waals surface area contributed by atoms with Gasteiger partial charge in [-0.05, 0) is 37.6 Å². The number of fused-ring (bicyclic) bond motifs is 1. The number of anilines is 1. The molecule has 1 unspecified atom stereocenters. The van der Waals surface area contributed by atoms with Crippen LogP contribution in [0.4, 0.5) is 5.82 Å². The van der Waals surface area contributed by atoms with Crippen LogP contribution in [0, 0.1) is 6.92 Å². The van der Waals surface area contributed by atoms with Gasteiger partial charge in [0.25, 0.3) is 5.91 Å². The largest absolute Gasteiger partial charge is 0.610 e. The Labute approximate surface area is 176 Å². The number of rotatable bonds is 5. The number of carbonyl (C=O) groups excluding carboxylic acids is 1. The Hall–Kier alpha value is -2.97. The molecule has 156 valence electrons. The van der Waals surface area contributed by atoms with Crippen LogP contribution in [-0.2, 0) is 25.8 Å². The molecule has 8 heteroatoms. The van der Waals surface area contributed by atoms with E-state index in [2.05, 4.69) is 5.10 Å². The highest BCUT2D eigenvalue weighted by atomic mass is 32.3. The average Bonchev–Trinajstić information content (AvgIpc) is 3.07. The molecule has 4 rings (SSSR count). The lowest BCUT2D eigenvalue weighted by Gasteiger charge is -2.29.